The Morgan fingerprint density at radius 1 is 1.33 bits per heavy atom. The molecule has 1 aromatic carbocycles. The number of hydrogen-bond donors (Lipinski definition) is 1. The van der Waals surface area contributed by atoms with Crippen LogP contribution in [-0.2, 0) is 10.0 Å². The van der Waals surface area contributed by atoms with Gasteiger partial charge in [-0.15, -0.1) is 11.3 Å². The fraction of sp³-hybridized carbons (Fsp3) is 0. The molecule has 1 heterocycles. The smallest absolute Gasteiger partial charge is 0.238 e. The van der Waals surface area contributed by atoms with Crippen LogP contribution in [-0.4, -0.2) is 13.4 Å². The minimum Gasteiger partial charge on any atom is -0.245 e. The highest BCUT2D eigenvalue weighted by molar-refractivity contribution is 7.89. The maximum Gasteiger partial charge on any atom is 0.238 e. The first-order chi connectivity index (χ1) is 7.07. The molecular formula is C9H8N2O2S2. The molecule has 0 saturated heterocycles. The maximum absolute atomic E-state index is 11.1. The molecule has 1 aromatic heterocycles. The van der Waals surface area contributed by atoms with Crippen LogP contribution >= 0.6 is 11.3 Å². The van der Waals surface area contributed by atoms with E-state index < -0.39 is 10.0 Å². The molecule has 4 nitrogen and oxygen atoms in total. The van der Waals surface area contributed by atoms with Gasteiger partial charge in [0, 0.05) is 10.9 Å². The van der Waals surface area contributed by atoms with E-state index in [9.17, 15) is 8.42 Å². The predicted molar refractivity (Wildman–Crippen MR) is 58.9 cm³/mol. The lowest BCUT2D eigenvalue weighted by atomic mass is 10.2. The molecule has 0 unspecified atom stereocenters. The molecule has 0 spiro atoms. The van der Waals surface area contributed by atoms with Gasteiger partial charge in [0.2, 0.25) is 10.0 Å². The molecule has 0 aliphatic carbocycles. The van der Waals surface area contributed by atoms with Crippen LogP contribution in [0, 0.1) is 0 Å². The lowest BCUT2D eigenvalue weighted by Crippen LogP contribution is -2.11. The van der Waals surface area contributed by atoms with Crippen molar-refractivity contribution in [3.63, 3.8) is 0 Å². The molecule has 2 N–H and O–H groups in total. The lowest BCUT2D eigenvalue weighted by Gasteiger charge is -2.00. The first-order valence-electron chi connectivity index (χ1n) is 4.09. The summed E-state index contributed by atoms with van der Waals surface area (Å²) >= 11 is 1.46. The van der Waals surface area contributed by atoms with Crippen molar-refractivity contribution < 1.29 is 8.42 Å². The van der Waals surface area contributed by atoms with Crippen molar-refractivity contribution in [3.05, 3.63) is 35.2 Å². The molecule has 0 amide bonds. The van der Waals surface area contributed by atoms with E-state index >= 15 is 0 Å². The van der Waals surface area contributed by atoms with Crippen molar-refractivity contribution in [2.75, 3.05) is 0 Å². The Morgan fingerprint density at radius 3 is 2.73 bits per heavy atom. The molecule has 15 heavy (non-hydrogen) atoms. The minimum atomic E-state index is -3.64. The van der Waals surface area contributed by atoms with Gasteiger partial charge in [0.1, 0.15) is 0 Å². The first kappa shape index (κ1) is 10.3. The van der Waals surface area contributed by atoms with E-state index in [0.717, 1.165) is 11.3 Å². The highest BCUT2D eigenvalue weighted by Crippen LogP contribution is 2.21. The molecular weight excluding hydrogens is 232 g/mol. The number of hydrogen-bond acceptors (Lipinski definition) is 4. The second kappa shape index (κ2) is 3.73. The van der Waals surface area contributed by atoms with E-state index in [1.54, 1.807) is 17.6 Å². The summed E-state index contributed by atoms with van der Waals surface area (Å²) in [5, 5.41) is 6.88. The topological polar surface area (TPSA) is 73.1 Å². The van der Waals surface area contributed by atoms with Crippen LogP contribution in [0.4, 0.5) is 0 Å². The van der Waals surface area contributed by atoms with Gasteiger partial charge in [-0.05, 0) is 12.1 Å². The minimum absolute atomic E-state index is 0.105. The summed E-state index contributed by atoms with van der Waals surface area (Å²) in [5.74, 6) is 0. The molecule has 78 valence electrons. The molecule has 0 aliphatic rings. The third-order valence-corrected chi connectivity index (χ3v) is 3.39. The fourth-order valence-corrected chi connectivity index (χ4v) is 2.31. The Labute approximate surface area is 91.4 Å². The van der Waals surface area contributed by atoms with E-state index in [-0.39, 0.29) is 4.90 Å². The summed E-state index contributed by atoms with van der Waals surface area (Å²) in [5.41, 5.74) is 3.20. The number of benzene rings is 1. The van der Waals surface area contributed by atoms with Gasteiger partial charge < -0.3 is 0 Å². The standard InChI is InChI=1S/C9H8N2O2S2/c10-15(12,13)8-3-1-2-7(4-8)9-5-14-6-11-9/h1-6H,(H2,10,12,13). The summed E-state index contributed by atoms with van der Waals surface area (Å²) in [6.45, 7) is 0. The molecule has 2 rings (SSSR count). The summed E-state index contributed by atoms with van der Waals surface area (Å²) in [7, 11) is -3.64. The van der Waals surface area contributed by atoms with Gasteiger partial charge >= 0.3 is 0 Å². The van der Waals surface area contributed by atoms with Gasteiger partial charge in [-0.2, -0.15) is 0 Å². The van der Waals surface area contributed by atoms with Crippen molar-refractivity contribution in [1.29, 1.82) is 0 Å². The Bertz CT molecular complexity index is 562. The third kappa shape index (κ3) is 2.23. The van der Waals surface area contributed by atoms with Crippen LogP contribution in [0.2, 0.25) is 0 Å². The van der Waals surface area contributed by atoms with Crippen LogP contribution in [0.25, 0.3) is 11.3 Å². The molecule has 6 heteroatoms. The SMILES string of the molecule is NS(=O)(=O)c1cccc(-c2cscn2)c1. The maximum atomic E-state index is 11.1. The van der Waals surface area contributed by atoms with Crippen LogP contribution < -0.4 is 5.14 Å². The highest BCUT2D eigenvalue weighted by Gasteiger charge is 2.09. The number of nitrogens with zero attached hydrogens (tertiary/aromatic N) is 1. The van der Waals surface area contributed by atoms with Crippen molar-refractivity contribution in [1.82, 2.24) is 4.98 Å². The van der Waals surface area contributed by atoms with E-state index in [1.165, 1.54) is 23.5 Å². The van der Waals surface area contributed by atoms with Crippen molar-refractivity contribution in [2.45, 2.75) is 4.90 Å². The van der Waals surface area contributed by atoms with Gasteiger partial charge in [-0.1, -0.05) is 12.1 Å². The predicted octanol–water partition coefficient (Wildman–Crippen LogP) is 1.46. The Kier molecular flexibility index (Phi) is 2.56. The summed E-state index contributed by atoms with van der Waals surface area (Å²) in [6.07, 6.45) is 0. The number of thiazole rings is 1. The second-order valence-corrected chi connectivity index (χ2v) is 5.23. The van der Waals surface area contributed by atoms with Gasteiger partial charge in [-0.3, -0.25) is 0 Å². The van der Waals surface area contributed by atoms with E-state index in [1.807, 2.05) is 5.38 Å². The lowest BCUT2D eigenvalue weighted by molar-refractivity contribution is 0.598. The van der Waals surface area contributed by atoms with Crippen molar-refractivity contribution in [3.8, 4) is 11.3 Å². The zero-order chi connectivity index (χ0) is 10.9. The normalized spacial score (nSPS) is 11.5. The number of sulfonamides is 1. The van der Waals surface area contributed by atoms with Gasteiger partial charge in [0.05, 0.1) is 16.1 Å². The number of primary sulfonamides is 1. The van der Waals surface area contributed by atoms with E-state index in [4.69, 9.17) is 5.14 Å². The van der Waals surface area contributed by atoms with E-state index in [0.29, 0.717) is 0 Å². The van der Waals surface area contributed by atoms with Crippen molar-refractivity contribution >= 4 is 21.4 Å². The summed E-state index contributed by atoms with van der Waals surface area (Å²) in [4.78, 5) is 4.20. The quantitative estimate of drug-likeness (QED) is 0.863. The molecule has 0 bridgehead atoms. The van der Waals surface area contributed by atoms with Crippen LogP contribution in [0.3, 0.4) is 0 Å². The van der Waals surface area contributed by atoms with Crippen LogP contribution in [0.1, 0.15) is 0 Å². The summed E-state index contributed by atoms with van der Waals surface area (Å²) in [6, 6.07) is 6.42. The van der Waals surface area contributed by atoms with Crippen molar-refractivity contribution in [2.24, 2.45) is 5.14 Å². The van der Waals surface area contributed by atoms with Gasteiger partial charge in [-0.25, -0.2) is 18.5 Å². The molecule has 0 atom stereocenters. The zero-order valence-corrected chi connectivity index (χ0v) is 9.25. The Balaban J connectivity index is 2.53. The van der Waals surface area contributed by atoms with Gasteiger partial charge in [0.25, 0.3) is 0 Å². The molecule has 2 aromatic rings. The number of nitrogens with two attached hydrogens (primary N) is 1. The zero-order valence-electron chi connectivity index (χ0n) is 7.62. The monoisotopic (exact) mass is 240 g/mol. The molecule has 0 fully saturated rings. The molecule has 0 radical (unpaired) electrons. The van der Waals surface area contributed by atoms with Crippen LogP contribution in [0.15, 0.2) is 40.1 Å². The largest absolute Gasteiger partial charge is 0.245 e. The fourth-order valence-electron chi connectivity index (χ4n) is 1.19. The molecule has 0 aliphatic heterocycles. The second-order valence-electron chi connectivity index (χ2n) is 2.95. The highest BCUT2D eigenvalue weighted by atomic mass is 32.2. The number of aromatic nitrogens is 1. The Morgan fingerprint density at radius 2 is 2.13 bits per heavy atom. The third-order valence-electron chi connectivity index (χ3n) is 1.89. The van der Waals surface area contributed by atoms with Gasteiger partial charge in [0.15, 0.2) is 0 Å². The first-order valence-corrected chi connectivity index (χ1v) is 6.58. The molecule has 0 saturated carbocycles. The average molecular weight is 240 g/mol. The summed E-state index contributed by atoms with van der Waals surface area (Å²) < 4.78 is 22.2. The average Bonchev–Trinajstić information content (AvgIpc) is 2.69. The van der Waals surface area contributed by atoms with E-state index in [2.05, 4.69) is 4.98 Å². The number of rotatable bonds is 2. The van der Waals surface area contributed by atoms with Crippen LogP contribution in [0.5, 0.6) is 0 Å². The Hall–Kier alpha value is -1.24.